The van der Waals surface area contributed by atoms with Gasteiger partial charge >= 0.3 is 0 Å². The van der Waals surface area contributed by atoms with Crippen molar-refractivity contribution in [2.24, 2.45) is 5.10 Å². The van der Waals surface area contributed by atoms with Gasteiger partial charge in [0.05, 0.1) is 16.6 Å². The molecule has 0 saturated heterocycles. The Morgan fingerprint density at radius 2 is 2.16 bits per heavy atom. The first-order chi connectivity index (χ1) is 12.2. The zero-order valence-corrected chi connectivity index (χ0v) is 14.8. The van der Waals surface area contributed by atoms with Crippen LogP contribution >= 0.6 is 0 Å². The Morgan fingerprint density at radius 3 is 2.92 bits per heavy atom. The van der Waals surface area contributed by atoms with Crippen molar-refractivity contribution < 1.29 is 4.74 Å². The molecule has 0 bridgehead atoms. The Balaban J connectivity index is 1.92. The lowest BCUT2D eigenvalue weighted by atomic mass is 10.2. The summed E-state index contributed by atoms with van der Waals surface area (Å²) in [7, 11) is 0. The van der Waals surface area contributed by atoms with Crippen LogP contribution in [0.1, 0.15) is 33.1 Å². The number of hydrazone groups is 1. The molecule has 0 amide bonds. The summed E-state index contributed by atoms with van der Waals surface area (Å²) in [6.07, 6.45) is 4.78. The molecule has 0 radical (unpaired) electrons. The van der Waals surface area contributed by atoms with Crippen LogP contribution in [-0.4, -0.2) is 28.5 Å². The minimum Gasteiger partial charge on any atom is -0.382 e. The SMILES string of the molecule is CCOCCCn1c(N/N=C2\C=C(C)CC2)nc2ccccc2c1=O. The first kappa shape index (κ1) is 17.4. The summed E-state index contributed by atoms with van der Waals surface area (Å²) in [6, 6.07) is 7.39. The summed E-state index contributed by atoms with van der Waals surface area (Å²) >= 11 is 0. The van der Waals surface area contributed by atoms with Gasteiger partial charge in [-0.05, 0) is 51.3 Å². The molecule has 132 valence electrons. The van der Waals surface area contributed by atoms with Crippen molar-refractivity contribution in [1.29, 1.82) is 0 Å². The van der Waals surface area contributed by atoms with E-state index >= 15 is 0 Å². The molecule has 6 nitrogen and oxygen atoms in total. The van der Waals surface area contributed by atoms with E-state index in [1.807, 2.05) is 31.2 Å². The molecule has 6 heteroatoms. The van der Waals surface area contributed by atoms with Crippen molar-refractivity contribution in [2.45, 2.75) is 39.7 Å². The molecule has 0 saturated carbocycles. The molecule has 1 aromatic heterocycles. The number of aromatic nitrogens is 2. The smallest absolute Gasteiger partial charge is 0.262 e. The number of ether oxygens (including phenoxy) is 1. The van der Waals surface area contributed by atoms with E-state index in [1.54, 1.807) is 4.57 Å². The zero-order valence-electron chi connectivity index (χ0n) is 14.8. The summed E-state index contributed by atoms with van der Waals surface area (Å²) in [5, 5.41) is 5.05. The van der Waals surface area contributed by atoms with Crippen LogP contribution in [0.3, 0.4) is 0 Å². The van der Waals surface area contributed by atoms with E-state index in [4.69, 9.17) is 4.74 Å². The average molecular weight is 340 g/mol. The third-order valence-electron chi connectivity index (χ3n) is 4.22. The van der Waals surface area contributed by atoms with Gasteiger partial charge in [0, 0.05) is 19.8 Å². The molecule has 1 aliphatic rings. The Kier molecular flexibility index (Phi) is 5.60. The Morgan fingerprint density at radius 1 is 1.32 bits per heavy atom. The maximum absolute atomic E-state index is 12.8. The van der Waals surface area contributed by atoms with Crippen LogP contribution in [0.25, 0.3) is 10.9 Å². The first-order valence-corrected chi connectivity index (χ1v) is 8.76. The molecule has 0 unspecified atom stereocenters. The molecular weight excluding hydrogens is 316 g/mol. The minimum absolute atomic E-state index is 0.0528. The summed E-state index contributed by atoms with van der Waals surface area (Å²) in [5.74, 6) is 0.477. The highest BCUT2D eigenvalue weighted by molar-refractivity contribution is 5.98. The average Bonchev–Trinajstić information content (AvgIpc) is 3.04. The fourth-order valence-electron chi connectivity index (χ4n) is 2.89. The molecule has 2 aromatic rings. The number of fused-ring (bicyclic) bond motifs is 1. The van der Waals surface area contributed by atoms with Gasteiger partial charge in [0.25, 0.3) is 5.56 Å². The maximum Gasteiger partial charge on any atom is 0.262 e. The number of nitrogens with one attached hydrogen (secondary N) is 1. The number of anilines is 1. The second-order valence-electron chi connectivity index (χ2n) is 6.17. The standard InChI is InChI=1S/C19H24N4O2/c1-3-25-12-6-11-23-18(24)16-7-4-5-8-17(16)20-19(23)22-21-15-10-9-14(2)13-15/h4-5,7-8,13H,3,6,9-12H2,1-2H3,(H,20,22)/b21-15-. The van der Waals surface area contributed by atoms with Gasteiger partial charge in [-0.15, -0.1) is 0 Å². The van der Waals surface area contributed by atoms with E-state index in [1.165, 1.54) is 5.57 Å². The number of rotatable bonds is 7. The van der Waals surface area contributed by atoms with Crippen LogP contribution in [0.4, 0.5) is 5.95 Å². The van der Waals surface area contributed by atoms with E-state index in [0.717, 1.165) is 25.0 Å². The van der Waals surface area contributed by atoms with Gasteiger partial charge < -0.3 is 4.74 Å². The van der Waals surface area contributed by atoms with E-state index in [2.05, 4.69) is 28.5 Å². The third kappa shape index (κ3) is 4.14. The predicted molar refractivity (Wildman–Crippen MR) is 101 cm³/mol. The van der Waals surface area contributed by atoms with Crippen molar-refractivity contribution in [3.63, 3.8) is 0 Å². The monoisotopic (exact) mass is 340 g/mol. The third-order valence-corrected chi connectivity index (χ3v) is 4.22. The van der Waals surface area contributed by atoms with Crippen LogP contribution in [0.5, 0.6) is 0 Å². The van der Waals surface area contributed by atoms with Crippen LogP contribution < -0.4 is 11.0 Å². The van der Waals surface area contributed by atoms with Crippen LogP contribution in [0.2, 0.25) is 0 Å². The molecule has 0 fully saturated rings. The summed E-state index contributed by atoms with van der Waals surface area (Å²) in [6.45, 7) is 5.89. The van der Waals surface area contributed by atoms with Gasteiger partial charge in [-0.3, -0.25) is 9.36 Å². The predicted octanol–water partition coefficient (Wildman–Crippen LogP) is 3.33. The highest BCUT2D eigenvalue weighted by atomic mass is 16.5. The van der Waals surface area contributed by atoms with E-state index in [0.29, 0.717) is 36.6 Å². The number of benzene rings is 1. The Bertz CT molecular complexity index is 867. The number of hydrogen-bond acceptors (Lipinski definition) is 5. The number of nitrogens with zero attached hydrogens (tertiary/aromatic N) is 3. The molecule has 1 aromatic carbocycles. The molecule has 0 atom stereocenters. The van der Waals surface area contributed by atoms with Crippen molar-refractivity contribution in [3.8, 4) is 0 Å². The fraction of sp³-hybridized carbons (Fsp3) is 0.421. The normalized spacial score (nSPS) is 15.8. The summed E-state index contributed by atoms with van der Waals surface area (Å²) < 4.78 is 7.03. The minimum atomic E-state index is -0.0528. The van der Waals surface area contributed by atoms with Gasteiger partial charge in [0.1, 0.15) is 0 Å². The quantitative estimate of drug-likeness (QED) is 0.620. The molecule has 3 rings (SSSR count). The first-order valence-electron chi connectivity index (χ1n) is 8.76. The molecule has 1 N–H and O–H groups in total. The molecule has 0 aliphatic heterocycles. The molecule has 0 spiro atoms. The van der Waals surface area contributed by atoms with Gasteiger partial charge in [-0.1, -0.05) is 17.7 Å². The van der Waals surface area contributed by atoms with Crippen LogP contribution in [0, 0.1) is 0 Å². The lowest BCUT2D eigenvalue weighted by Crippen LogP contribution is -2.25. The molecular formula is C19H24N4O2. The summed E-state index contributed by atoms with van der Waals surface area (Å²) in [4.78, 5) is 17.4. The number of allylic oxidation sites excluding steroid dienone is 2. The van der Waals surface area contributed by atoms with Gasteiger partial charge in [-0.2, -0.15) is 5.10 Å². The highest BCUT2D eigenvalue weighted by Gasteiger charge is 2.11. The largest absolute Gasteiger partial charge is 0.382 e. The van der Waals surface area contributed by atoms with E-state index in [9.17, 15) is 4.79 Å². The van der Waals surface area contributed by atoms with Crippen molar-refractivity contribution >= 4 is 22.6 Å². The van der Waals surface area contributed by atoms with Gasteiger partial charge in [-0.25, -0.2) is 10.4 Å². The van der Waals surface area contributed by atoms with Crippen molar-refractivity contribution in [1.82, 2.24) is 9.55 Å². The second kappa shape index (κ2) is 8.07. The van der Waals surface area contributed by atoms with Gasteiger partial charge in [0.15, 0.2) is 0 Å². The molecule has 1 aliphatic carbocycles. The van der Waals surface area contributed by atoms with Crippen LogP contribution in [-0.2, 0) is 11.3 Å². The van der Waals surface area contributed by atoms with E-state index in [-0.39, 0.29) is 5.56 Å². The number of para-hydroxylation sites is 1. The number of hydrogen-bond donors (Lipinski definition) is 1. The van der Waals surface area contributed by atoms with Crippen LogP contribution in [0.15, 0.2) is 45.8 Å². The van der Waals surface area contributed by atoms with Crippen molar-refractivity contribution in [2.75, 3.05) is 18.6 Å². The Labute approximate surface area is 147 Å². The molecule has 1 heterocycles. The fourth-order valence-corrected chi connectivity index (χ4v) is 2.89. The topological polar surface area (TPSA) is 68.5 Å². The zero-order chi connectivity index (χ0) is 17.6. The highest BCUT2D eigenvalue weighted by Crippen LogP contribution is 2.16. The second-order valence-corrected chi connectivity index (χ2v) is 6.17. The lowest BCUT2D eigenvalue weighted by Gasteiger charge is -2.13. The maximum atomic E-state index is 12.8. The van der Waals surface area contributed by atoms with E-state index < -0.39 is 0 Å². The van der Waals surface area contributed by atoms with Gasteiger partial charge in [0.2, 0.25) is 5.95 Å². The molecule has 25 heavy (non-hydrogen) atoms. The van der Waals surface area contributed by atoms with Crippen molar-refractivity contribution in [3.05, 3.63) is 46.3 Å². The lowest BCUT2D eigenvalue weighted by molar-refractivity contribution is 0.141. The summed E-state index contributed by atoms with van der Waals surface area (Å²) in [5.41, 5.74) is 5.93. The Hall–Kier alpha value is -2.47.